The molecule has 0 radical (unpaired) electrons. The molecule has 1 aliphatic heterocycles. The lowest BCUT2D eigenvalue weighted by molar-refractivity contribution is 0.00541. The summed E-state index contributed by atoms with van der Waals surface area (Å²) in [4.78, 5) is 17.8. The fraction of sp³-hybridized carbons (Fsp3) is 0.600. The number of aromatic nitrogens is 1. The van der Waals surface area contributed by atoms with Crippen LogP contribution in [0.25, 0.3) is 0 Å². The molecule has 1 aliphatic rings. The smallest absolute Gasteiger partial charge is 0.410 e. The van der Waals surface area contributed by atoms with Gasteiger partial charge in [0.25, 0.3) is 0 Å². The Labute approximate surface area is 120 Å². The average Bonchev–Trinajstić information content (AvgIpc) is 2.31. The molecule has 1 amide bonds. The van der Waals surface area contributed by atoms with E-state index in [4.69, 9.17) is 4.74 Å². The summed E-state index contributed by atoms with van der Waals surface area (Å²) in [6.07, 6.45) is 2.49. The zero-order valence-electron chi connectivity index (χ0n) is 12.4. The number of hydrogen-bond acceptors (Lipinski definition) is 4. The molecule has 1 saturated heterocycles. The van der Waals surface area contributed by atoms with Gasteiger partial charge in [-0.1, -0.05) is 6.07 Å². The number of amides is 1. The number of nitrogens with zero attached hydrogens (tertiary/aromatic N) is 2. The lowest BCUT2D eigenvalue weighted by Gasteiger charge is -2.40. The Bertz CT molecular complexity index is 436. The minimum Gasteiger partial charge on any atom is -0.444 e. The first-order chi connectivity index (χ1) is 9.44. The minimum absolute atomic E-state index is 0.222. The number of likely N-dealkylation sites (tertiary alicyclic amines) is 1. The maximum Gasteiger partial charge on any atom is 0.410 e. The third-order valence-corrected chi connectivity index (χ3v) is 3.07. The molecule has 2 rings (SSSR count). The van der Waals surface area contributed by atoms with Gasteiger partial charge in [0.15, 0.2) is 0 Å². The molecule has 2 heterocycles. The summed E-state index contributed by atoms with van der Waals surface area (Å²) >= 11 is 0. The Morgan fingerprint density at radius 3 is 2.80 bits per heavy atom. The van der Waals surface area contributed by atoms with E-state index in [1.54, 1.807) is 4.90 Å². The van der Waals surface area contributed by atoms with Crippen LogP contribution in [0.15, 0.2) is 24.4 Å². The quantitative estimate of drug-likeness (QED) is 0.912. The minimum atomic E-state index is -0.422. The van der Waals surface area contributed by atoms with Gasteiger partial charge in [0.05, 0.1) is 0 Å². The molecule has 20 heavy (non-hydrogen) atoms. The van der Waals surface area contributed by atoms with E-state index in [2.05, 4.69) is 10.3 Å². The largest absolute Gasteiger partial charge is 0.444 e. The summed E-state index contributed by atoms with van der Waals surface area (Å²) in [5.74, 6) is 0. The standard InChI is InChI=1S/C15H23N3O2/c1-15(2,3)20-14(19)18-10-13(11-18)17-9-7-12-6-4-5-8-16-12/h4-6,8,13,17H,7,9-11H2,1-3H3. The molecule has 0 unspecified atom stereocenters. The van der Waals surface area contributed by atoms with E-state index in [1.165, 1.54) is 0 Å². The van der Waals surface area contributed by atoms with Crippen LogP contribution in [0, 0.1) is 0 Å². The SMILES string of the molecule is CC(C)(C)OC(=O)N1CC(NCCc2ccccn2)C1. The molecular formula is C15H23N3O2. The molecule has 110 valence electrons. The summed E-state index contributed by atoms with van der Waals surface area (Å²) in [6.45, 7) is 7.96. The summed E-state index contributed by atoms with van der Waals surface area (Å²) in [6, 6.07) is 6.30. The Morgan fingerprint density at radius 2 is 2.20 bits per heavy atom. The van der Waals surface area contributed by atoms with Crippen molar-refractivity contribution < 1.29 is 9.53 Å². The Balaban J connectivity index is 1.61. The van der Waals surface area contributed by atoms with Crippen molar-refractivity contribution in [3.8, 4) is 0 Å². The number of carbonyl (C=O) groups excluding carboxylic acids is 1. The Kier molecular flexibility index (Phi) is 4.60. The lowest BCUT2D eigenvalue weighted by atomic mass is 10.1. The first kappa shape index (κ1) is 14.8. The van der Waals surface area contributed by atoms with Crippen LogP contribution in [-0.2, 0) is 11.2 Å². The van der Waals surface area contributed by atoms with Crippen LogP contribution >= 0.6 is 0 Å². The second kappa shape index (κ2) is 6.22. The van der Waals surface area contributed by atoms with E-state index in [-0.39, 0.29) is 6.09 Å². The van der Waals surface area contributed by atoms with Crippen molar-refractivity contribution in [2.24, 2.45) is 0 Å². The van der Waals surface area contributed by atoms with Gasteiger partial charge in [-0.3, -0.25) is 4.98 Å². The van der Waals surface area contributed by atoms with E-state index >= 15 is 0 Å². The highest BCUT2D eigenvalue weighted by molar-refractivity contribution is 5.69. The maximum absolute atomic E-state index is 11.7. The van der Waals surface area contributed by atoms with Crippen LogP contribution in [0.4, 0.5) is 4.79 Å². The molecule has 0 atom stereocenters. The highest BCUT2D eigenvalue weighted by Crippen LogP contribution is 2.15. The molecule has 0 aromatic carbocycles. The van der Waals surface area contributed by atoms with Crippen molar-refractivity contribution in [2.45, 2.75) is 38.8 Å². The predicted molar refractivity (Wildman–Crippen MR) is 77.5 cm³/mol. The molecule has 1 aromatic rings. The molecule has 0 bridgehead atoms. The van der Waals surface area contributed by atoms with Crippen LogP contribution in [0.3, 0.4) is 0 Å². The number of pyridine rings is 1. The average molecular weight is 277 g/mol. The molecule has 1 aromatic heterocycles. The van der Waals surface area contributed by atoms with Crippen LogP contribution in [0.1, 0.15) is 26.5 Å². The summed E-state index contributed by atoms with van der Waals surface area (Å²) < 4.78 is 5.31. The van der Waals surface area contributed by atoms with Gasteiger partial charge in [-0.15, -0.1) is 0 Å². The van der Waals surface area contributed by atoms with Gasteiger partial charge in [0.2, 0.25) is 0 Å². The first-order valence-electron chi connectivity index (χ1n) is 7.05. The zero-order valence-corrected chi connectivity index (χ0v) is 12.4. The van der Waals surface area contributed by atoms with Gasteiger partial charge >= 0.3 is 6.09 Å². The third-order valence-electron chi connectivity index (χ3n) is 3.07. The van der Waals surface area contributed by atoms with Crippen molar-refractivity contribution in [1.29, 1.82) is 0 Å². The summed E-state index contributed by atoms with van der Waals surface area (Å²) in [7, 11) is 0. The topological polar surface area (TPSA) is 54.5 Å². The fourth-order valence-electron chi connectivity index (χ4n) is 2.03. The second-order valence-corrected chi connectivity index (χ2v) is 6.11. The third kappa shape index (κ3) is 4.49. The normalized spacial score (nSPS) is 15.8. The number of ether oxygens (including phenoxy) is 1. The molecule has 5 heteroatoms. The molecule has 0 spiro atoms. The van der Waals surface area contributed by atoms with Gasteiger partial charge in [0, 0.05) is 44.0 Å². The van der Waals surface area contributed by atoms with E-state index in [9.17, 15) is 4.79 Å². The van der Waals surface area contributed by atoms with Crippen molar-refractivity contribution in [3.63, 3.8) is 0 Å². The summed E-state index contributed by atoms with van der Waals surface area (Å²) in [5, 5.41) is 3.43. The molecule has 5 nitrogen and oxygen atoms in total. The zero-order chi connectivity index (χ0) is 14.6. The van der Waals surface area contributed by atoms with Gasteiger partial charge in [0.1, 0.15) is 5.60 Å². The highest BCUT2D eigenvalue weighted by atomic mass is 16.6. The Morgan fingerprint density at radius 1 is 1.45 bits per heavy atom. The van der Waals surface area contributed by atoms with Gasteiger partial charge in [-0.2, -0.15) is 0 Å². The molecule has 1 fully saturated rings. The van der Waals surface area contributed by atoms with Crippen molar-refractivity contribution in [2.75, 3.05) is 19.6 Å². The molecular weight excluding hydrogens is 254 g/mol. The van der Waals surface area contributed by atoms with Crippen molar-refractivity contribution in [1.82, 2.24) is 15.2 Å². The van der Waals surface area contributed by atoms with E-state index in [0.29, 0.717) is 6.04 Å². The van der Waals surface area contributed by atoms with E-state index in [0.717, 1.165) is 31.7 Å². The predicted octanol–water partition coefficient (Wildman–Crippen LogP) is 1.83. The molecule has 0 saturated carbocycles. The number of nitrogens with one attached hydrogen (secondary N) is 1. The van der Waals surface area contributed by atoms with Gasteiger partial charge in [-0.05, 0) is 32.9 Å². The molecule has 1 N–H and O–H groups in total. The number of hydrogen-bond donors (Lipinski definition) is 1. The van der Waals surface area contributed by atoms with E-state index < -0.39 is 5.60 Å². The van der Waals surface area contributed by atoms with Gasteiger partial charge < -0.3 is 15.0 Å². The number of rotatable bonds is 4. The van der Waals surface area contributed by atoms with Gasteiger partial charge in [-0.25, -0.2) is 4.79 Å². The second-order valence-electron chi connectivity index (χ2n) is 6.11. The maximum atomic E-state index is 11.7. The van der Waals surface area contributed by atoms with Crippen LogP contribution in [0.2, 0.25) is 0 Å². The lowest BCUT2D eigenvalue weighted by Crippen LogP contribution is -2.60. The van der Waals surface area contributed by atoms with Crippen molar-refractivity contribution in [3.05, 3.63) is 30.1 Å². The van der Waals surface area contributed by atoms with Crippen LogP contribution in [-0.4, -0.2) is 47.3 Å². The van der Waals surface area contributed by atoms with Crippen molar-refractivity contribution >= 4 is 6.09 Å². The monoisotopic (exact) mass is 277 g/mol. The highest BCUT2D eigenvalue weighted by Gasteiger charge is 2.33. The van der Waals surface area contributed by atoms with Crippen LogP contribution in [0.5, 0.6) is 0 Å². The fourth-order valence-corrected chi connectivity index (χ4v) is 2.03. The molecule has 0 aliphatic carbocycles. The number of carbonyl (C=O) groups is 1. The van der Waals surface area contributed by atoms with E-state index in [1.807, 2.05) is 45.2 Å². The Hall–Kier alpha value is -1.62. The first-order valence-corrected chi connectivity index (χ1v) is 7.05. The summed E-state index contributed by atoms with van der Waals surface area (Å²) in [5.41, 5.74) is 0.664. The van der Waals surface area contributed by atoms with Crippen LogP contribution < -0.4 is 5.32 Å².